The molecule has 0 saturated carbocycles. The number of carbonyl (C=O) groups is 2. The van der Waals surface area contributed by atoms with Crippen LogP contribution < -0.4 is 10.1 Å². The first kappa shape index (κ1) is 19.9. The highest BCUT2D eigenvalue weighted by molar-refractivity contribution is 7.90. The number of rotatable bonds is 7. The van der Waals surface area contributed by atoms with Crippen molar-refractivity contribution in [3.05, 3.63) is 59.7 Å². The Morgan fingerprint density at radius 3 is 2.61 bits per heavy atom. The zero-order chi connectivity index (χ0) is 20.3. The fourth-order valence-corrected chi connectivity index (χ4v) is 4.51. The fraction of sp³-hybridized carbons (Fsp3) is 0.300. The van der Waals surface area contributed by atoms with E-state index in [4.69, 9.17) is 4.74 Å². The van der Waals surface area contributed by atoms with Crippen molar-refractivity contribution in [1.29, 1.82) is 0 Å². The van der Waals surface area contributed by atoms with Gasteiger partial charge in [0.25, 0.3) is 15.9 Å². The van der Waals surface area contributed by atoms with E-state index >= 15 is 0 Å². The summed E-state index contributed by atoms with van der Waals surface area (Å²) in [6.07, 6.45) is -0.0601. The molecule has 3 rings (SSSR count). The Morgan fingerprint density at radius 1 is 1.14 bits per heavy atom. The number of nitrogens with zero attached hydrogens (tertiary/aromatic N) is 1. The largest absolute Gasteiger partial charge is 0.491 e. The molecule has 148 valence electrons. The molecule has 2 amide bonds. The van der Waals surface area contributed by atoms with Gasteiger partial charge in [0.15, 0.2) is 0 Å². The van der Waals surface area contributed by atoms with Crippen LogP contribution in [0.5, 0.6) is 5.75 Å². The van der Waals surface area contributed by atoms with Crippen molar-refractivity contribution in [3.8, 4) is 5.75 Å². The van der Waals surface area contributed by atoms with Crippen LogP contribution in [0.15, 0.2) is 53.4 Å². The van der Waals surface area contributed by atoms with Crippen molar-refractivity contribution in [2.45, 2.75) is 37.8 Å². The first-order valence-corrected chi connectivity index (χ1v) is 10.4. The lowest BCUT2D eigenvalue weighted by Crippen LogP contribution is -2.34. The third-order valence-electron chi connectivity index (χ3n) is 4.21. The maximum atomic E-state index is 12.5. The monoisotopic (exact) mass is 402 g/mol. The lowest BCUT2D eigenvalue weighted by molar-refractivity contribution is -0.121. The average Bonchev–Trinajstić information content (AvgIpc) is 2.84. The summed E-state index contributed by atoms with van der Waals surface area (Å²) in [6.45, 7) is 3.95. The van der Waals surface area contributed by atoms with E-state index in [2.05, 4.69) is 5.32 Å². The van der Waals surface area contributed by atoms with Gasteiger partial charge in [-0.2, -0.15) is 0 Å². The summed E-state index contributed by atoms with van der Waals surface area (Å²) in [5, 5.41) is 2.74. The van der Waals surface area contributed by atoms with Gasteiger partial charge in [0.05, 0.1) is 11.7 Å². The second-order valence-electron chi connectivity index (χ2n) is 6.72. The zero-order valence-corrected chi connectivity index (χ0v) is 16.5. The Morgan fingerprint density at radius 2 is 1.89 bits per heavy atom. The molecule has 0 aromatic heterocycles. The van der Waals surface area contributed by atoms with Crippen LogP contribution in [-0.4, -0.2) is 37.2 Å². The predicted octanol–water partition coefficient (Wildman–Crippen LogP) is 2.32. The zero-order valence-electron chi connectivity index (χ0n) is 15.7. The van der Waals surface area contributed by atoms with Crippen molar-refractivity contribution >= 4 is 21.8 Å². The van der Waals surface area contributed by atoms with Crippen LogP contribution in [0, 0.1) is 0 Å². The number of benzene rings is 2. The molecular weight excluding hydrogens is 380 g/mol. The van der Waals surface area contributed by atoms with Crippen LogP contribution in [0.1, 0.15) is 36.2 Å². The van der Waals surface area contributed by atoms with Gasteiger partial charge >= 0.3 is 0 Å². The predicted molar refractivity (Wildman–Crippen MR) is 103 cm³/mol. The summed E-state index contributed by atoms with van der Waals surface area (Å²) in [4.78, 5) is 24.5. The van der Waals surface area contributed by atoms with Crippen LogP contribution >= 0.6 is 0 Å². The highest BCUT2D eigenvalue weighted by Crippen LogP contribution is 2.29. The molecule has 1 aliphatic heterocycles. The molecule has 1 N–H and O–H groups in total. The number of nitrogens with one attached hydrogen (secondary N) is 1. The lowest BCUT2D eigenvalue weighted by atomic mass is 10.2. The molecule has 0 aliphatic carbocycles. The average molecular weight is 402 g/mol. The van der Waals surface area contributed by atoms with Gasteiger partial charge in [0.2, 0.25) is 5.91 Å². The maximum Gasteiger partial charge on any atom is 0.269 e. The van der Waals surface area contributed by atoms with Crippen LogP contribution in [0.25, 0.3) is 0 Å². The van der Waals surface area contributed by atoms with Crippen LogP contribution in [0.3, 0.4) is 0 Å². The van der Waals surface area contributed by atoms with Gasteiger partial charge in [-0.3, -0.25) is 9.59 Å². The van der Waals surface area contributed by atoms with E-state index < -0.39 is 15.9 Å². The molecule has 0 spiro atoms. The highest BCUT2D eigenvalue weighted by atomic mass is 32.2. The minimum absolute atomic E-state index is 0.0117. The van der Waals surface area contributed by atoms with Crippen molar-refractivity contribution in [1.82, 2.24) is 9.62 Å². The topological polar surface area (TPSA) is 92.8 Å². The van der Waals surface area contributed by atoms with E-state index in [0.29, 0.717) is 5.75 Å². The molecule has 7 nitrogen and oxygen atoms in total. The Labute approximate surface area is 164 Å². The number of hydrogen-bond donors (Lipinski definition) is 1. The lowest BCUT2D eigenvalue weighted by Gasteiger charge is -2.15. The number of fused-ring (bicyclic) bond motifs is 1. The second-order valence-corrected chi connectivity index (χ2v) is 8.55. The van der Waals surface area contributed by atoms with Crippen LogP contribution in [-0.2, 0) is 21.4 Å². The van der Waals surface area contributed by atoms with Gasteiger partial charge in [0, 0.05) is 19.5 Å². The van der Waals surface area contributed by atoms with Gasteiger partial charge < -0.3 is 10.1 Å². The Hall–Kier alpha value is -2.87. The van der Waals surface area contributed by atoms with Crippen molar-refractivity contribution in [2.75, 3.05) is 6.54 Å². The molecule has 2 aromatic rings. The Kier molecular flexibility index (Phi) is 5.69. The number of carbonyl (C=O) groups excluding carboxylic acids is 2. The summed E-state index contributed by atoms with van der Waals surface area (Å²) in [5.41, 5.74) is 1.01. The van der Waals surface area contributed by atoms with E-state index in [0.717, 1.165) is 9.87 Å². The van der Waals surface area contributed by atoms with E-state index in [1.807, 2.05) is 38.1 Å². The molecule has 0 saturated heterocycles. The SMILES string of the molecule is CC(C)Oc1cccc(CNC(=O)CCN2C(=O)c3ccccc3S2(=O)=O)c1. The molecule has 8 heteroatoms. The molecule has 1 aliphatic rings. The number of sulfonamides is 1. The first-order chi connectivity index (χ1) is 13.3. The van der Waals surface area contributed by atoms with Gasteiger partial charge in [-0.25, -0.2) is 12.7 Å². The third-order valence-corrected chi connectivity index (χ3v) is 6.05. The molecular formula is C20H22N2O5S. The molecule has 0 bridgehead atoms. The molecule has 28 heavy (non-hydrogen) atoms. The molecule has 1 heterocycles. The minimum Gasteiger partial charge on any atom is -0.491 e. The van der Waals surface area contributed by atoms with Gasteiger partial charge in [-0.15, -0.1) is 0 Å². The summed E-state index contributed by atoms with van der Waals surface area (Å²) in [6, 6.07) is 13.4. The van der Waals surface area contributed by atoms with Gasteiger partial charge in [-0.1, -0.05) is 24.3 Å². The molecule has 0 atom stereocenters. The van der Waals surface area contributed by atoms with E-state index in [9.17, 15) is 18.0 Å². The van der Waals surface area contributed by atoms with Gasteiger partial charge in [0.1, 0.15) is 10.6 Å². The summed E-state index contributed by atoms with van der Waals surface area (Å²) < 4.78 is 31.3. The molecule has 0 radical (unpaired) electrons. The first-order valence-electron chi connectivity index (χ1n) is 8.97. The van der Waals surface area contributed by atoms with E-state index in [-0.39, 0.29) is 42.0 Å². The Bertz CT molecular complexity index is 1000. The van der Waals surface area contributed by atoms with Crippen molar-refractivity contribution in [2.24, 2.45) is 0 Å². The fourth-order valence-electron chi connectivity index (χ4n) is 2.95. The second kappa shape index (κ2) is 8.02. The number of ether oxygens (including phenoxy) is 1. The van der Waals surface area contributed by atoms with Crippen molar-refractivity contribution < 1.29 is 22.7 Å². The summed E-state index contributed by atoms with van der Waals surface area (Å²) in [5.74, 6) is -0.218. The minimum atomic E-state index is -3.89. The maximum absolute atomic E-state index is 12.5. The summed E-state index contributed by atoms with van der Waals surface area (Å²) >= 11 is 0. The van der Waals surface area contributed by atoms with E-state index in [1.54, 1.807) is 12.1 Å². The van der Waals surface area contributed by atoms with Crippen LogP contribution in [0.4, 0.5) is 0 Å². The summed E-state index contributed by atoms with van der Waals surface area (Å²) in [7, 11) is -3.89. The Balaban J connectivity index is 1.56. The third kappa shape index (κ3) is 4.17. The normalized spacial score (nSPS) is 14.8. The molecule has 0 fully saturated rings. The number of hydrogen-bond acceptors (Lipinski definition) is 5. The van der Waals surface area contributed by atoms with Crippen LogP contribution in [0.2, 0.25) is 0 Å². The van der Waals surface area contributed by atoms with Gasteiger partial charge in [-0.05, 0) is 43.7 Å². The van der Waals surface area contributed by atoms with Crippen molar-refractivity contribution in [3.63, 3.8) is 0 Å². The quantitative estimate of drug-likeness (QED) is 0.767. The highest BCUT2D eigenvalue weighted by Gasteiger charge is 2.40. The number of amides is 2. The van der Waals surface area contributed by atoms with E-state index in [1.165, 1.54) is 12.1 Å². The smallest absolute Gasteiger partial charge is 0.269 e. The molecule has 0 unspecified atom stereocenters. The standard InChI is InChI=1S/C20H22N2O5S/c1-14(2)27-16-7-5-6-15(12-16)13-21-19(23)10-11-22-20(24)17-8-3-4-9-18(17)28(22,25)26/h3-9,12,14H,10-11,13H2,1-2H3,(H,21,23). The molecule has 2 aromatic carbocycles.